The number of nitrogens with one attached hydrogen (secondary N) is 1. The van der Waals surface area contributed by atoms with Crippen LogP contribution in [0.3, 0.4) is 0 Å². The van der Waals surface area contributed by atoms with E-state index in [-0.39, 0.29) is 12.3 Å². The largest absolute Gasteiger partial charge is 0.273 e. The minimum Gasteiger partial charge on any atom is -0.273 e. The fraction of sp³-hybridized carbons (Fsp3) is 0.143. The van der Waals surface area contributed by atoms with Gasteiger partial charge in [-0.3, -0.25) is 4.79 Å². The Kier molecular flexibility index (Phi) is 5.17. The van der Waals surface area contributed by atoms with Gasteiger partial charge in [0.25, 0.3) is 0 Å². The highest BCUT2D eigenvalue weighted by atomic mass is 35.5. The molecule has 1 amide bonds. The highest BCUT2D eigenvalue weighted by molar-refractivity contribution is 7.18. The third-order valence-electron chi connectivity index (χ3n) is 2.56. The van der Waals surface area contributed by atoms with Crippen molar-refractivity contribution in [3.63, 3.8) is 0 Å². The van der Waals surface area contributed by atoms with Crippen LogP contribution in [0.2, 0.25) is 9.36 Å². The average molecular weight is 327 g/mol. The van der Waals surface area contributed by atoms with E-state index in [2.05, 4.69) is 10.5 Å². The molecular formula is C14H12Cl2N2OS. The van der Waals surface area contributed by atoms with Gasteiger partial charge < -0.3 is 0 Å². The molecule has 1 aromatic carbocycles. The Balaban J connectivity index is 1.93. The average Bonchev–Trinajstić information content (AvgIpc) is 2.85. The molecule has 0 bridgehead atoms. The molecule has 0 unspecified atom stereocenters. The second-order valence-electron chi connectivity index (χ2n) is 4.14. The Bertz CT molecular complexity index is 635. The summed E-state index contributed by atoms with van der Waals surface area (Å²) in [6.07, 6.45) is 0.263. The van der Waals surface area contributed by atoms with Gasteiger partial charge in [0, 0.05) is 5.02 Å². The van der Waals surface area contributed by atoms with Gasteiger partial charge in [-0.1, -0.05) is 35.3 Å². The fourth-order valence-corrected chi connectivity index (χ4v) is 2.65. The first-order chi connectivity index (χ1) is 9.54. The first kappa shape index (κ1) is 15.0. The van der Waals surface area contributed by atoms with Gasteiger partial charge in [-0.15, -0.1) is 11.3 Å². The number of rotatable bonds is 4. The Hall–Kier alpha value is -1.36. The Morgan fingerprint density at radius 2 is 1.90 bits per heavy atom. The van der Waals surface area contributed by atoms with Crippen LogP contribution >= 0.6 is 34.5 Å². The summed E-state index contributed by atoms with van der Waals surface area (Å²) in [6, 6.07) is 10.8. The van der Waals surface area contributed by atoms with E-state index in [1.54, 1.807) is 18.2 Å². The summed E-state index contributed by atoms with van der Waals surface area (Å²) in [7, 11) is 0. The first-order valence-electron chi connectivity index (χ1n) is 5.88. The molecule has 0 aliphatic carbocycles. The zero-order chi connectivity index (χ0) is 14.5. The van der Waals surface area contributed by atoms with E-state index in [0.29, 0.717) is 9.36 Å². The van der Waals surface area contributed by atoms with Crippen LogP contribution in [0.4, 0.5) is 0 Å². The van der Waals surface area contributed by atoms with Crippen molar-refractivity contribution >= 4 is 46.2 Å². The topological polar surface area (TPSA) is 41.5 Å². The fourth-order valence-electron chi connectivity index (χ4n) is 1.54. The highest BCUT2D eigenvalue weighted by Crippen LogP contribution is 2.21. The molecule has 0 aliphatic rings. The van der Waals surface area contributed by atoms with E-state index in [0.717, 1.165) is 16.2 Å². The summed E-state index contributed by atoms with van der Waals surface area (Å²) in [5.74, 6) is -0.172. The molecule has 0 radical (unpaired) electrons. The van der Waals surface area contributed by atoms with Crippen LogP contribution in [0, 0.1) is 0 Å². The van der Waals surface area contributed by atoms with Gasteiger partial charge in [0.2, 0.25) is 5.91 Å². The molecule has 0 aliphatic heterocycles. The predicted octanol–water partition coefficient (Wildman–Crippen LogP) is 4.14. The van der Waals surface area contributed by atoms with Gasteiger partial charge in [0.05, 0.1) is 21.3 Å². The molecular weight excluding hydrogens is 315 g/mol. The second kappa shape index (κ2) is 6.88. The van der Waals surface area contributed by atoms with Gasteiger partial charge in [0.15, 0.2) is 0 Å². The quantitative estimate of drug-likeness (QED) is 0.665. The van der Waals surface area contributed by atoms with Crippen LogP contribution in [-0.2, 0) is 11.2 Å². The van der Waals surface area contributed by atoms with Crippen molar-refractivity contribution < 1.29 is 4.79 Å². The molecule has 0 saturated carbocycles. The first-order valence-corrected chi connectivity index (χ1v) is 7.45. The number of carbonyl (C=O) groups is 1. The molecule has 3 nitrogen and oxygen atoms in total. The van der Waals surface area contributed by atoms with Gasteiger partial charge >= 0.3 is 0 Å². The molecule has 2 rings (SSSR count). The maximum absolute atomic E-state index is 11.8. The molecule has 1 N–H and O–H groups in total. The molecule has 104 valence electrons. The molecule has 0 fully saturated rings. The van der Waals surface area contributed by atoms with Crippen LogP contribution in [0.15, 0.2) is 41.5 Å². The second-order valence-corrected chi connectivity index (χ2v) is 6.29. The number of halogens is 2. The van der Waals surface area contributed by atoms with E-state index in [1.807, 2.05) is 25.1 Å². The van der Waals surface area contributed by atoms with Gasteiger partial charge in [-0.2, -0.15) is 5.10 Å². The number of benzene rings is 1. The lowest BCUT2D eigenvalue weighted by Gasteiger charge is -2.02. The summed E-state index contributed by atoms with van der Waals surface area (Å²) >= 11 is 13.1. The summed E-state index contributed by atoms with van der Waals surface area (Å²) in [5, 5.41) is 4.71. The van der Waals surface area contributed by atoms with E-state index >= 15 is 0 Å². The van der Waals surface area contributed by atoms with Crippen LogP contribution in [0.25, 0.3) is 0 Å². The van der Waals surface area contributed by atoms with Crippen molar-refractivity contribution in [3.05, 3.63) is 56.2 Å². The number of amides is 1. The van der Waals surface area contributed by atoms with Crippen LogP contribution in [0.5, 0.6) is 0 Å². The van der Waals surface area contributed by atoms with Crippen LogP contribution in [-0.4, -0.2) is 11.6 Å². The zero-order valence-corrected chi connectivity index (χ0v) is 13.0. The summed E-state index contributed by atoms with van der Waals surface area (Å²) in [5.41, 5.74) is 4.15. The smallest absolute Gasteiger partial charge is 0.244 e. The standard InChI is InChI=1S/C14H12Cl2N2OS/c1-9(12-6-7-13(16)20-12)17-18-14(19)8-10-2-4-11(15)5-3-10/h2-7H,8H2,1H3,(H,18,19)/b17-9-. The number of nitrogens with zero attached hydrogens (tertiary/aromatic N) is 1. The summed E-state index contributed by atoms with van der Waals surface area (Å²) in [4.78, 5) is 12.7. The van der Waals surface area contributed by atoms with Crippen molar-refractivity contribution in [2.75, 3.05) is 0 Å². The van der Waals surface area contributed by atoms with Crippen molar-refractivity contribution in [3.8, 4) is 0 Å². The van der Waals surface area contributed by atoms with Gasteiger partial charge in [-0.05, 0) is 36.8 Å². The third kappa shape index (κ3) is 4.34. The SMILES string of the molecule is C/C(=N/NC(=O)Cc1ccc(Cl)cc1)c1ccc(Cl)s1. The maximum atomic E-state index is 11.8. The predicted molar refractivity (Wildman–Crippen MR) is 84.8 cm³/mol. The number of hydrogen-bond donors (Lipinski definition) is 1. The zero-order valence-electron chi connectivity index (χ0n) is 10.7. The lowest BCUT2D eigenvalue weighted by atomic mass is 10.1. The molecule has 0 atom stereocenters. The summed E-state index contributed by atoms with van der Waals surface area (Å²) in [6.45, 7) is 1.82. The molecule has 0 saturated heterocycles. The molecule has 6 heteroatoms. The lowest BCUT2D eigenvalue weighted by Crippen LogP contribution is -2.21. The molecule has 0 spiro atoms. The summed E-state index contributed by atoms with van der Waals surface area (Å²) < 4.78 is 0.696. The van der Waals surface area contributed by atoms with E-state index in [9.17, 15) is 4.79 Å². The van der Waals surface area contributed by atoms with E-state index in [4.69, 9.17) is 23.2 Å². The highest BCUT2D eigenvalue weighted by Gasteiger charge is 2.05. The van der Waals surface area contributed by atoms with E-state index < -0.39 is 0 Å². The Labute approximate surface area is 131 Å². The van der Waals surface area contributed by atoms with Crippen molar-refractivity contribution in [2.45, 2.75) is 13.3 Å². The molecule has 20 heavy (non-hydrogen) atoms. The van der Waals surface area contributed by atoms with Crippen molar-refractivity contribution in [1.29, 1.82) is 0 Å². The third-order valence-corrected chi connectivity index (χ3v) is 4.15. The minimum absolute atomic E-state index is 0.172. The van der Waals surface area contributed by atoms with Gasteiger partial charge in [0.1, 0.15) is 0 Å². The molecule has 1 heterocycles. The van der Waals surface area contributed by atoms with Crippen molar-refractivity contribution in [2.24, 2.45) is 5.10 Å². The number of thiophene rings is 1. The monoisotopic (exact) mass is 326 g/mol. The Morgan fingerprint density at radius 3 is 2.50 bits per heavy atom. The molecule has 1 aromatic heterocycles. The van der Waals surface area contributed by atoms with Crippen molar-refractivity contribution in [1.82, 2.24) is 5.43 Å². The van der Waals surface area contributed by atoms with Gasteiger partial charge in [-0.25, -0.2) is 5.43 Å². The minimum atomic E-state index is -0.172. The van der Waals surface area contributed by atoms with Crippen LogP contribution < -0.4 is 5.43 Å². The van der Waals surface area contributed by atoms with Crippen LogP contribution in [0.1, 0.15) is 17.4 Å². The number of hydrazone groups is 1. The number of hydrogen-bond acceptors (Lipinski definition) is 3. The maximum Gasteiger partial charge on any atom is 0.244 e. The molecule has 2 aromatic rings. The lowest BCUT2D eigenvalue weighted by molar-refractivity contribution is -0.120. The Morgan fingerprint density at radius 1 is 1.20 bits per heavy atom. The normalized spacial score (nSPS) is 11.4. The van der Waals surface area contributed by atoms with E-state index in [1.165, 1.54) is 11.3 Å². The number of carbonyl (C=O) groups excluding carboxylic acids is 1.